The molecule has 2 fully saturated rings. The van der Waals surface area contributed by atoms with Crippen LogP contribution in [0.2, 0.25) is 0 Å². The summed E-state index contributed by atoms with van der Waals surface area (Å²) in [5, 5.41) is 9.01. The lowest BCUT2D eigenvalue weighted by atomic mass is 10.1. The zero-order chi connectivity index (χ0) is 9.54. The molecule has 0 aromatic heterocycles. The van der Waals surface area contributed by atoms with Gasteiger partial charge in [0, 0.05) is 6.61 Å². The fourth-order valence-electron chi connectivity index (χ4n) is 2.78. The first-order chi connectivity index (χ1) is 6.90. The first-order valence-electron chi connectivity index (χ1n) is 5.56. The second-order valence-corrected chi connectivity index (χ2v) is 4.76. The summed E-state index contributed by atoms with van der Waals surface area (Å²) in [5.41, 5.74) is 1.50. The average molecular weight is 188 g/mol. The molecule has 0 amide bonds. The van der Waals surface area contributed by atoms with E-state index in [4.69, 9.17) is 5.11 Å². The van der Waals surface area contributed by atoms with Crippen LogP contribution in [0.3, 0.4) is 0 Å². The van der Waals surface area contributed by atoms with Gasteiger partial charge in [0.05, 0.1) is 0 Å². The highest BCUT2D eigenvalue weighted by molar-refractivity contribution is 5.27. The molecule has 0 bridgehead atoms. The second-order valence-electron chi connectivity index (χ2n) is 4.76. The Hall–Kier alpha value is -0.820. The minimum atomic E-state index is 0.405. The van der Waals surface area contributed by atoms with Crippen molar-refractivity contribution in [2.45, 2.75) is 18.8 Å². The largest absolute Gasteiger partial charge is 0.396 e. The van der Waals surface area contributed by atoms with Gasteiger partial charge in [0.1, 0.15) is 0 Å². The highest BCUT2D eigenvalue weighted by Crippen LogP contribution is 2.61. The summed E-state index contributed by atoms with van der Waals surface area (Å²) in [6.07, 6.45) is 2.62. The smallest absolute Gasteiger partial charge is 0.0462 e. The fraction of sp³-hybridized carbons (Fsp3) is 0.538. The third-order valence-electron chi connectivity index (χ3n) is 3.83. The SMILES string of the molecule is OCC1CC1C1CC1c1ccccc1. The lowest BCUT2D eigenvalue weighted by Gasteiger charge is -1.98. The van der Waals surface area contributed by atoms with E-state index in [2.05, 4.69) is 30.3 Å². The highest BCUT2D eigenvalue weighted by atomic mass is 16.3. The molecule has 1 heteroatoms. The first-order valence-corrected chi connectivity index (χ1v) is 5.56. The van der Waals surface area contributed by atoms with Crippen molar-refractivity contribution in [2.75, 3.05) is 6.61 Å². The molecule has 3 rings (SSSR count). The monoisotopic (exact) mass is 188 g/mol. The Kier molecular flexibility index (Phi) is 1.88. The molecule has 4 unspecified atom stereocenters. The molecular weight excluding hydrogens is 172 g/mol. The minimum Gasteiger partial charge on any atom is -0.396 e. The maximum atomic E-state index is 9.01. The van der Waals surface area contributed by atoms with Crippen molar-refractivity contribution in [3.05, 3.63) is 35.9 Å². The van der Waals surface area contributed by atoms with Crippen LogP contribution in [0.25, 0.3) is 0 Å². The molecule has 2 saturated carbocycles. The standard InChI is InChI=1S/C13H16O/c14-8-10-6-11(10)13-7-12(13)9-4-2-1-3-5-9/h1-5,10-14H,6-8H2. The number of hydrogen-bond acceptors (Lipinski definition) is 1. The Morgan fingerprint density at radius 1 is 1.07 bits per heavy atom. The van der Waals surface area contributed by atoms with Crippen molar-refractivity contribution < 1.29 is 5.11 Å². The van der Waals surface area contributed by atoms with Gasteiger partial charge < -0.3 is 5.11 Å². The molecule has 0 aliphatic heterocycles. The molecule has 1 N–H and O–H groups in total. The quantitative estimate of drug-likeness (QED) is 0.772. The van der Waals surface area contributed by atoms with Crippen LogP contribution in [-0.2, 0) is 0 Å². The number of aliphatic hydroxyl groups is 1. The summed E-state index contributed by atoms with van der Waals surface area (Å²) >= 11 is 0. The van der Waals surface area contributed by atoms with E-state index in [-0.39, 0.29) is 0 Å². The van der Waals surface area contributed by atoms with Gasteiger partial charge in [-0.1, -0.05) is 30.3 Å². The van der Waals surface area contributed by atoms with E-state index in [9.17, 15) is 0 Å². The zero-order valence-electron chi connectivity index (χ0n) is 8.26. The summed E-state index contributed by atoms with van der Waals surface area (Å²) in [6, 6.07) is 10.8. The first kappa shape index (κ1) is 8.49. The van der Waals surface area contributed by atoms with Gasteiger partial charge in [0.15, 0.2) is 0 Å². The molecule has 4 atom stereocenters. The van der Waals surface area contributed by atoms with Crippen LogP contribution in [0.4, 0.5) is 0 Å². The molecule has 1 nitrogen and oxygen atoms in total. The lowest BCUT2D eigenvalue weighted by molar-refractivity contribution is 0.266. The molecule has 2 aliphatic carbocycles. The number of hydrogen-bond donors (Lipinski definition) is 1. The summed E-state index contributed by atoms with van der Waals surface area (Å²) in [5.74, 6) is 3.16. The third-order valence-corrected chi connectivity index (χ3v) is 3.83. The Balaban J connectivity index is 1.64. The predicted octanol–water partition coefficient (Wildman–Crippen LogP) is 2.42. The molecule has 74 valence electrons. The summed E-state index contributed by atoms with van der Waals surface area (Å²) < 4.78 is 0. The van der Waals surface area contributed by atoms with E-state index in [0.717, 1.165) is 17.8 Å². The minimum absolute atomic E-state index is 0.405. The van der Waals surface area contributed by atoms with E-state index < -0.39 is 0 Å². The van der Waals surface area contributed by atoms with Gasteiger partial charge in [-0.05, 0) is 42.1 Å². The van der Waals surface area contributed by atoms with Crippen LogP contribution < -0.4 is 0 Å². The van der Waals surface area contributed by atoms with Crippen LogP contribution in [0.15, 0.2) is 30.3 Å². The highest BCUT2D eigenvalue weighted by Gasteiger charge is 2.53. The topological polar surface area (TPSA) is 20.2 Å². The Morgan fingerprint density at radius 3 is 2.50 bits per heavy atom. The molecule has 0 radical (unpaired) electrons. The Morgan fingerprint density at radius 2 is 1.86 bits per heavy atom. The molecule has 0 heterocycles. The normalized spacial score (nSPS) is 39.5. The van der Waals surface area contributed by atoms with Gasteiger partial charge in [0.2, 0.25) is 0 Å². The summed E-state index contributed by atoms with van der Waals surface area (Å²) in [4.78, 5) is 0. The van der Waals surface area contributed by atoms with Crippen molar-refractivity contribution in [2.24, 2.45) is 17.8 Å². The van der Waals surface area contributed by atoms with Crippen LogP contribution in [-0.4, -0.2) is 11.7 Å². The Bertz CT molecular complexity index is 319. The number of aliphatic hydroxyl groups excluding tert-OH is 1. The number of benzene rings is 1. The average Bonchev–Trinajstić information content (AvgIpc) is 3.12. The molecule has 2 aliphatic rings. The molecule has 0 spiro atoms. The molecule has 0 saturated heterocycles. The predicted molar refractivity (Wildman–Crippen MR) is 56.0 cm³/mol. The van der Waals surface area contributed by atoms with Crippen molar-refractivity contribution in [3.63, 3.8) is 0 Å². The number of rotatable bonds is 3. The van der Waals surface area contributed by atoms with Crippen molar-refractivity contribution in [1.29, 1.82) is 0 Å². The summed E-state index contributed by atoms with van der Waals surface area (Å²) in [7, 11) is 0. The van der Waals surface area contributed by atoms with Gasteiger partial charge in [-0.15, -0.1) is 0 Å². The fourth-order valence-corrected chi connectivity index (χ4v) is 2.78. The molecule has 1 aromatic rings. The second kappa shape index (κ2) is 3.09. The van der Waals surface area contributed by atoms with Gasteiger partial charge >= 0.3 is 0 Å². The molecular formula is C13H16O. The third kappa shape index (κ3) is 1.36. The van der Waals surface area contributed by atoms with Gasteiger partial charge in [-0.25, -0.2) is 0 Å². The van der Waals surface area contributed by atoms with E-state index in [1.54, 1.807) is 0 Å². The maximum Gasteiger partial charge on any atom is 0.0462 e. The summed E-state index contributed by atoms with van der Waals surface area (Å²) in [6.45, 7) is 0.405. The van der Waals surface area contributed by atoms with E-state index in [1.807, 2.05) is 0 Å². The lowest BCUT2D eigenvalue weighted by Crippen LogP contribution is -1.92. The maximum absolute atomic E-state index is 9.01. The van der Waals surface area contributed by atoms with E-state index in [0.29, 0.717) is 12.5 Å². The van der Waals surface area contributed by atoms with Gasteiger partial charge in [0.25, 0.3) is 0 Å². The van der Waals surface area contributed by atoms with E-state index in [1.165, 1.54) is 18.4 Å². The van der Waals surface area contributed by atoms with Gasteiger partial charge in [-0.2, -0.15) is 0 Å². The van der Waals surface area contributed by atoms with Crippen LogP contribution in [0, 0.1) is 17.8 Å². The molecule has 1 aromatic carbocycles. The molecule has 14 heavy (non-hydrogen) atoms. The van der Waals surface area contributed by atoms with Crippen molar-refractivity contribution in [1.82, 2.24) is 0 Å². The Labute approximate surface area is 84.8 Å². The van der Waals surface area contributed by atoms with Crippen molar-refractivity contribution in [3.8, 4) is 0 Å². The van der Waals surface area contributed by atoms with E-state index >= 15 is 0 Å². The van der Waals surface area contributed by atoms with Crippen molar-refractivity contribution >= 4 is 0 Å². The van der Waals surface area contributed by atoms with Crippen LogP contribution >= 0.6 is 0 Å². The van der Waals surface area contributed by atoms with Crippen LogP contribution in [0.1, 0.15) is 24.3 Å². The van der Waals surface area contributed by atoms with Gasteiger partial charge in [-0.3, -0.25) is 0 Å². The zero-order valence-corrected chi connectivity index (χ0v) is 8.26. The van der Waals surface area contributed by atoms with Crippen LogP contribution in [0.5, 0.6) is 0 Å².